The number of thiazole rings is 1. The molecule has 30 heavy (non-hydrogen) atoms. The highest BCUT2D eigenvalue weighted by Gasteiger charge is 2.17. The molecule has 3 aromatic rings. The van der Waals surface area contributed by atoms with Gasteiger partial charge in [0.1, 0.15) is 5.02 Å². The van der Waals surface area contributed by atoms with Crippen LogP contribution in [0.15, 0.2) is 47.8 Å². The van der Waals surface area contributed by atoms with Crippen molar-refractivity contribution in [2.75, 3.05) is 36.5 Å². The van der Waals surface area contributed by atoms with Gasteiger partial charge in [0, 0.05) is 41.4 Å². The number of rotatable bonds is 5. The van der Waals surface area contributed by atoms with E-state index in [0.717, 1.165) is 35.5 Å². The zero-order valence-corrected chi connectivity index (χ0v) is 17.3. The third kappa shape index (κ3) is 4.43. The van der Waals surface area contributed by atoms with Gasteiger partial charge in [-0.1, -0.05) is 23.7 Å². The molecule has 154 valence electrons. The number of hydrogen-bond donors (Lipinski definition) is 1. The van der Waals surface area contributed by atoms with E-state index in [2.05, 4.69) is 10.2 Å². The lowest BCUT2D eigenvalue weighted by Crippen LogP contribution is -2.36. The fraction of sp³-hybridized carbons (Fsp3) is 0.200. The van der Waals surface area contributed by atoms with Crippen LogP contribution in [0.25, 0.3) is 11.3 Å². The largest absolute Gasteiger partial charge is 0.378 e. The zero-order valence-electron chi connectivity index (χ0n) is 15.7. The fourth-order valence-electron chi connectivity index (χ4n) is 3.02. The van der Waals surface area contributed by atoms with E-state index in [1.165, 1.54) is 12.1 Å². The smallest absolute Gasteiger partial charge is 0.288 e. The van der Waals surface area contributed by atoms with Crippen LogP contribution in [0.4, 0.5) is 16.5 Å². The van der Waals surface area contributed by atoms with Crippen LogP contribution < -0.4 is 10.2 Å². The number of amides is 1. The molecule has 1 fully saturated rings. The Hall–Kier alpha value is -3.01. The monoisotopic (exact) mass is 444 g/mol. The summed E-state index contributed by atoms with van der Waals surface area (Å²) in [5.74, 6) is -0.453. The van der Waals surface area contributed by atoms with Crippen molar-refractivity contribution in [2.24, 2.45) is 0 Å². The van der Waals surface area contributed by atoms with E-state index in [1.54, 1.807) is 23.5 Å². The number of halogens is 1. The number of nitrogens with one attached hydrogen (secondary N) is 1. The number of ether oxygens (including phenoxy) is 1. The third-order valence-electron chi connectivity index (χ3n) is 4.62. The van der Waals surface area contributed by atoms with Gasteiger partial charge in [-0.3, -0.25) is 14.9 Å². The second-order valence-corrected chi connectivity index (χ2v) is 7.81. The first-order valence-corrected chi connectivity index (χ1v) is 10.4. The number of benzene rings is 2. The summed E-state index contributed by atoms with van der Waals surface area (Å²) in [7, 11) is 0. The maximum absolute atomic E-state index is 12.4. The molecule has 0 radical (unpaired) electrons. The molecular weight excluding hydrogens is 428 g/mol. The van der Waals surface area contributed by atoms with Crippen molar-refractivity contribution in [3.63, 3.8) is 0 Å². The van der Waals surface area contributed by atoms with Crippen LogP contribution in [0.3, 0.4) is 0 Å². The SMILES string of the molecule is O=C(Nc1ccc(-c2csc(N3CCOCC3)n2)cc1)c1ccc(Cl)c([N+](=O)[O-])c1. The molecule has 0 bridgehead atoms. The lowest BCUT2D eigenvalue weighted by Gasteiger charge is -2.26. The number of hydrogen-bond acceptors (Lipinski definition) is 7. The van der Waals surface area contributed by atoms with Gasteiger partial charge in [-0.25, -0.2) is 4.98 Å². The summed E-state index contributed by atoms with van der Waals surface area (Å²) in [6.07, 6.45) is 0. The highest BCUT2D eigenvalue weighted by atomic mass is 35.5. The standard InChI is InChI=1S/C20H17ClN4O4S/c21-16-6-3-14(11-18(16)25(27)28)19(26)22-15-4-1-13(2-5-15)17-12-30-20(23-17)24-7-9-29-10-8-24/h1-6,11-12H,7-10H2,(H,22,26). The predicted octanol–water partition coefficient (Wildman–Crippen LogP) is 4.46. The van der Waals surface area contributed by atoms with E-state index in [0.29, 0.717) is 18.9 Å². The summed E-state index contributed by atoms with van der Waals surface area (Å²) in [6.45, 7) is 3.09. The Bertz CT molecular complexity index is 1080. The second-order valence-electron chi connectivity index (χ2n) is 6.57. The van der Waals surface area contributed by atoms with Crippen LogP contribution in [-0.2, 0) is 4.74 Å². The second kappa shape index (κ2) is 8.78. The van der Waals surface area contributed by atoms with Gasteiger partial charge < -0.3 is 15.0 Å². The predicted molar refractivity (Wildman–Crippen MR) is 117 cm³/mol. The van der Waals surface area contributed by atoms with Crippen molar-refractivity contribution in [2.45, 2.75) is 0 Å². The minimum absolute atomic E-state index is 0.0133. The zero-order chi connectivity index (χ0) is 21.1. The molecular formula is C20H17ClN4O4S. The summed E-state index contributed by atoms with van der Waals surface area (Å²) in [6, 6.07) is 11.2. The van der Waals surface area contributed by atoms with Crippen molar-refractivity contribution in [1.29, 1.82) is 0 Å². The van der Waals surface area contributed by atoms with Crippen LogP contribution in [0.1, 0.15) is 10.4 Å². The van der Waals surface area contributed by atoms with Crippen molar-refractivity contribution in [3.05, 3.63) is 68.5 Å². The van der Waals surface area contributed by atoms with Crippen molar-refractivity contribution < 1.29 is 14.5 Å². The van der Waals surface area contributed by atoms with Gasteiger partial charge >= 0.3 is 0 Å². The highest BCUT2D eigenvalue weighted by molar-refractivity contribution is 7.14. The molecule has 0 unspecified atom stereocenters. The molecule has 10 heteroatoms. The summed E-state index contributed by atoms with van der Waals surface area (Å²) in [5, 5.41) is 16.7. The van der Waals surface area contributed by atoms with Crippen molar-refractivity contribution >= 4 is 45.4 Å². The molecule has 0 saturated carbocycles. The van der Waals surface area contributed by atoms with E-state index in [9.17, 15) is 14.9 Å². The molecule has 0 atom stereocenters. The number of nitro benzene ring substituents is 1. The molecule has 1 aliphatic heterocycles. The average Bonchev–Trinajstić information content (AvgIpc) is 3.25. The Morgan fingerprint density at radius 3 is 2.63 bits per heavy atom. The Balaban J connectivity index is 1.45. The summed E-state index contributed by atoms with van der Waals surface area (Å²) >= 11 is 7.39. The minimum Gasteiger partial charge on any atom is -0.378 e. The van der Waals surface area contributed by atoms with Crippen LogP contribution in [0.5, 0.6) is 0 Å². The Labute approximate surface area is 181 Å². The number of aromatic nitrogens is 1. The van der Waals surface area contributed by atoms with E-state index < -0.39 is 10.8 Å². The number of nitro groups is 1. The molecule has 1 aromatic heterocycles. The van der Waals surface area contributed by atoms with Crippen LogP contribution in [-0.4, -0.2) is 42.1 Å². The molecule has 1 N–H and O–H groups in total. The molecule has 1 amide bonds. The minimum atomic E-state index is -0.618. The van der Waals surface area contributed by atoms with E-state index in [-0.39, 0.29) is 16.3 Å². The maximum atomic E-state index is 12.4. The molecule has 1 aliphatic rings. The summed E-state index contributed by atoms with van der Waals surface area (Å²) < 4.78 is 5.37. The molecule has 0 spiro atoms. The molecule has 8 nitrogen and oxygen atoms in total. The van der Waals surface area contributed by atoms with Crippen LogP contribution >= 0.6 is 22.9 Å². The number of nitrogens with zero attached hydrogens (tertiary/aromatic N) is 3. The van der Waals surface area contributed by atoms with Crippen molar-refractivity contribution in [3.8, 4) is 11.3 Å². The van der Waals surface area contributed by atoms with Gasteiger partial charge in [-0.2, -0.15) is 0 Å². The lowest BCUT2D eigenvalue weighted by molar-refractivity contribution is -0.384. The molecule has 2 heterocycles. The van der Waals surface area contributed by atoms with Gasteiger partial charge in [0.15, 0.2) is 5.13 Å². The summed E-state index contributed by atoms with van der Waals surface area (Å²) in [4.78, 5) is 29.7. The molecule has 4 rings (SSSR count). The highest BCUT2D eigenvalue weighted by Crippen LogP contribution is 2.29. The Morgan fingerprint density at radius 1 is 1.20 bits per heavy atom. The topological polar surface area (TPSA) is 97.6 Å². The van der Waals surface area contributed by atoms with Crippen LogP contribution in [0.2, 0.25) is 5.02 Å². The quantitative estimate of drug-likeness (QED) is 0.461. The fourth-order valence-corrected chi connectivity index (χ4v) is 4.09. The average molecular weight is 445 g/mol. The van der Waals surface area contributed by atoms with Gasteiger partial charge in [0.25, 0.3) is 11.6 Å². The third-order valence-corrected chi connectivity index (χ3v) is 5.84. The van der Waals surface area contributed by atoms with Gasteiger partial charge in [-0.05, 0) is 24.3 Å². The first kappa shape index (κ1) is 20.3. The first-order chi connectivity index (χ1) is 14.5. The molecule has 1 saturated heterocycles. The maximum Gasteiger partial charge on any atom is 0.288 e. The summed E-state index contributed by atoms with van der Waals surface area (Å²) in [5.41, 5.74) is 2.23. The van der Waals surface area contributed by atoms with E-state index in [4.69, 9.17) is 21.3 Å². The lowest BCUT2D eigenvalue weighted by atomic mass is 10.1. The van der Waals surface area contributed by atoms with E-state index in [1.807, 2.05) is 17.5 Å². The van der Waals surface area contributed by atoms with E-state index >= 15 is 0 Å². The van der Waals surface area contributed by atoms with Gasteiger partial charge in [-0.15, -0.1) is 11.3 Å². The molecule has 2 aromatic carbocycles. The number of morpholine rings is 1. The van der Waals surface area contributed by atoms with Crippen LogP contribution in [0, 0.1) is 10.1 Å². The number of carbonyl (C=O) groups excluding carboxylic acids is 1. The number of carbonyl (C=O) groups is 1. The normalized spacial score (nSPS) is 13.8. The van der Waals surface area contributed by atoms with Gasteiger partial charge in [0.05, 0.1) is 23.8 Å². The number of anilines is 2. The Kier molecular flexibility index (Phi) is 5.93. The Morgan fingerprint density at radius 2 is 1.93 bits per heavy atom. The van der Waals surface area contributed by atoms with Crippen molar-refractivity contribution in [1.82, 2.24) is 4.98 Å². The molecule has 0 aliphatic carbocycles. The van der Waals surface area contributed by atoms with Gasteiger partial charge in [0.2, 0.25) is 0 Å². The first-order valence-electron chi connectivity index (χ1n) is 9.15.